The molecular formula is C24H31N5O. The van der Waals surface area contributed by atoms with Gasteiger partial charge in [-0.2, -0.15) is 5.10 Å². The zero-order valence-corrected chi connectivity index (χ0v) is 18.6. The number of methoxy groups -OCH3 is 1. The van der Waals surface area contributed by atoms with Gasteiger partial charge in [0.2, 0.25) is 0 Å². The second-order valence-corrected chi connectivity index (χ2v) is 7.68. The van der Waals surface area contributed by atoms with Gasteiger partial charge in [0.1, 0.15) is 11.4 Å². The van der Waals surface area contributed by atoms with Crippen molar-refractivity contribution in [3.8, 4) is 17.0 Å². The van der Waals surface area contributed by atoms with E-state index >= 15 is 0 Å². The molecule has 2 heterocycles. The minimum Gasteiger partial charge on any atom is -0.496 e. The standard InChI is InChI=1S/C24H31N5O/c1-7-17(4)15-25-24-22(16(2)3)28-23(18(5)27-24)20-11-10-19(14-21(20)30-6)29-13-9-8-12-26-29/h9-14,17H,2,7-8,15H2,1,3-6H3,(H,25,27)/t17-/m0/s1. The SMILES string of the molecule is C=C(C)c1nc(-c2ccc(N3C=CCC=N3)cc2OC)c(C)nc1NC[C@@H](C)CC. The van der Waals surface area contributed by atoms with Crippen molar-refractivity contribution < 1.29 is 4.74 Å². The maximum atomic E-state index is 5.70. The van der Waals surface area contributed by atoms with E-state index in [1.165, 1.54) is 0 Å². The van der Waals surface area contributed by atoms with E-state index in [0.717, 1.165) is 64.9 Å². The van der Waals surface area contributed by atoms with Crippen molar-refractivity contribution in [3.05, 3.63) is 48.4 Å². The van der Waals surface area contributed by atoms with Crippen LogP contribution < -0.4 is 15.1 Å². The Kier molecular flexibility index (Phi) is 6.87. The lowest BCUT2D eigenvalue weighted by atomic mass is 10.1. The number of hydrogen-bond donors (Lipinski definition) is 1. The summed E-state index contributed by atoms with van der Waals surface area (Å²) >= 11 is 0. The van der Waals surface area contributed by atoms with E-state index in [-0.39, 0.29) is 0 Å². The van der Waals surface area contributed by atoms with Crippen LogP contribution in [0.3, 0.4) is 0 Å². The highest BCUT2D eigenvalue weighted by Gasteiger charge is 2.18. The summed E-state index contributed by atoms with van der Waals surface area (Å²) in [7, 11) is 1.67. The third-order valence-electron chi connectivity index (χ3n) is 5.19. The smallest absolute Gasteiger partial charge is 0.152 e. The molecule has 1 aliphatic heterocycles. The summed E-state index contributed by atoms with van der Waals surface area (Å²) in [6, 6.07) is 6.00. The lowest BCUT2D eigenvalue weighted by Gasteiger charge is -2.20. The molecule has 3 rings (SSSR count). The number of anilines is 2. The first-order valence-corrected chi connectivity index (χ1v) is 10.4. The van der Waals surface area contributed by atoms with Crippen LogP contribution in [0.5, 0.6) is 5.75 Å². The zero-order chi connectivity index (χ0) is 21.7. The number of hydrogen-bond acceptors (Lipinski definition) is 6. The van der Waals surface area contributed by atoms with Crippen molar-refractivity contribution in [1.29, 1.82) is 0 Å². The molecule has 0 aliphatic carbocycles. The van der Waals surface area contributed by atoms with E-state index in [2.05, 4.69) is 36.9 Å². The first-order valence-electron chi connectivity index (χ1n) is 10.4. The summed E-state index contributed by atoms with van der Waals surface area (Å²) in [5, 5.41) is 9.68. The molecule has 6 heteroatoms. The van der Waals surface area contributed by atoms with Gasteiger partial charge in [-0.15, -0.1) is 0 Å². The summed E-state index contributed by atoms with van der Waals surface area (Å²) in [5.41, 5.74) is 5.12. The lowest BCUT2D eigenvalue weighted by Crippen LogP contribution is -2.14. The van der Waals surface area contributed by atoms with Crippen LogP contribution in [0, 0.1) is 12.8 Å². The first-order chi connectivity index (χ1) is 14.4. The fourth-order valence-corrected chi connectivity index (χ4v) is 3.18. The Morgan fingerprint density at radius 3 is 2.77 bits per heavy atom. The minimum atomic E-state index is 0.559. The van der Waals surface area contributed by atoms with Gasteiger partial charge in [0.05, 0.1) is 24.2 Å². The van der Waals surface area contributed by atoms with Gasteiger partial charge in [0, 0.05) is 37.0 Å². The Hall–Kier alpha value is -3.15. The second-order valence-electron chi connectivity index (χ2n) is 7.68. The number of aryl methyl sites for hydroxylation is 1. The number of allylic oxidation sites excluding steroid dienone is 2. The summed E-state index contributed by atoms with van der Waals surface area (Å²) < 4.78 is 5.70. The third-order valence-corrected chi connectivity index (χ3v) is 5.19. The summed E-state index contributed by atoms with van der Waals surface area (Å²) in [4.78, 5) is 9.76. The van der Waals surface area contributed by atoms with Crippen LogP contribution >= 0.6 is 0 Å². The number of aromatic nitrogens is 2. The van der Waals surface area contributed by atoms with E-state index in [1.54, 1.807) is 7.11 Å². The average molecular weight is 406 g/mol. The maximum absolute atomic E-state index is 5.70. The molecule has 0 bridgehead atoms. The van der Waals surface area contributed by atoms with Crippen LogP contribution in [0.4, 0.5) is 11.5 Å². The molecule has 0 spiro atoms. The molecule has 0 saturated heterocycles. The Morgan fingerprint density at radius 1 is 1.33 bits per heavy atom. The normalized spacial score (nSPS) is 14.0. The molecule has 0 unspecified atom stereocenters. The van der Waals surface area contributed by atoms with Gasteiger partial charge in [-0.05, 0) is 37.5 Å². The van der Waals surface area contributed by atoms with Gasteiger partial charge in [0.25, 0.3) is 0 Å². The monoisotopic (exact) mass is 405 g/mol. The molecule has 6 nitrogen and oxygen atoms in total. The molecule has 158 valence electrons. The van der Waals surface area contributed by atoms with E-state index < -0.39 is 0 Å². The van der Waals surface area contributed by atoms with Gasteiger partial charge in [-0.25, -0.2) is 15.0 Å². The molecule has 0 fully saturated rings. The van der Waals surface area contributed by atoms with Crippen LogP contribution in [0.25, 0.3) is 16.8 Å². The van der Waals surface area contributed by atoms with Gasteiger partial charge < -0.3 is 10.1 Å². The quantitative estimate of drug-likeness (QED) is 0.614. The number of ether oxygens (including phenoxy) is 1. The number of hydrazone groups is 1. The summed E-state index contributed by atoms with van der Waals surface area (Å²) in [5.74, 6) is 2.07. The summed E-state index contributed by atoms with van der Waals surface area (Å²) in [6.45, 7) is 13.3. The molecule has 0 amide bonds. The number of nitrogens with one attached hydrogen (secondary N) is 1. The Bertz CT molecular complexity index is 968. The van der Waals surface area contributed by atoms with Crippen LogP contribution in [0.15, 0.2) is 42.2 Å². The summed E-state index contributed by atoms with van der Waals surface area (Å²) in [6.07, 6.45) is 7.85. The molecule has 1 aromatic carbocycles. The van der Waals surface area contributed by atoms with E-state index in [4.69, 9.17) is 14.7 Å². The maximum Gasteiger partial charge on any atom is 0.152 e. The van der Waals surface area contributed by atoms with Crippen LogP contribution in [-0.4, -0.2) is 29.8 Å². The Morgan fingerprint density at radius 2 is 2.13 bits per heavy atom. The van der Waals surface area contributed by atoms with Gasteiger partial charge in [-0.1, -0.05) is 32.9 Å². The number of nitrogens with zero attached hydrogens (tertiary/aromatic N) is 4. The zero-order valence-electron chi connectivity index (χ0n) is 18.6. The highest BCUT2D eigenvalue weighted by atomic mass is 16.5. The predicted molar refractivity (Wildman–Crippen MR) is 126 cm³/mol. The minimum absolute atomic E-state index is 0.559. The van der Waals surface area contributed by atoms with Gasteiger partial charge >= 0.3 is 0 Å². The van der Waals surface area contributed by atoms with E-state index in [1.807, 2.05) is 49.5 Å². The molecule has 1 aliphatic rings. The van der Waals surface area contributed by atoms with Crippen LogP contribution in [-0.2, 0) is 0 Å². The molecule has 1 aromatic heterocycles. The molecule has 30 heavy (non-hydrogen) atoms. The average Bonchev–Trinajstić information content (AvgIpc) is 2.77. The largest absolute Gasteiger partial charge is 0.496 e. The van der Waals surface area contributed by atoms with Crippen LogP contribution in [0.2, 0.25) is 0 Å². The Balaban J connectivity index is 2.01. The fourth-order valence-electron chi connectivity index (χ4n) is 3.18. The van der Waals surface area contributed by atoms with Gasteiger partial charge in [-0.3, -0.25) is 0 Å². The molecule has 2 aromatic rings. The van der Waals surface area contributed by atoms with Gasteiger partial charge in [0.15, 0.2) is 5.82 Å². The molecule has 1 atom stereocenters. The third kappa shape index (κ3) is 4.70. The van der Waals surface area contributed by atoms with Crippen molar-refractivity contribution in [2.45, 2.75) is 40.5 Å². The highest BCUT2D eigenvalue weighted by molar-refractivity contribution is 5.77. The van der Waals surface area contributed by atoms with Crippen molar-refractivity contribution in [2.75, 3.05) is 24.0 Å². The predicted octanol–water partition coefficient (Wildman–Crippen LogP) is 5.66. The van der Waals surface area contributed by atoms with Crippen molar-refractivity contribution in [2.24, 2.45) is 11.0 Å². The lowest BCUT2D eigenvalue weighted by molar-refractivity contribution is 0.416. The Labute approximate surface area is 179 Å². The van der Waals surface area contributed by atoms with Crippen molar-refractivity contribution >= 4 is 23.3 Å². The number of rotatable bonds is 8. The highest BCUT2D eigenvalue weighted by Crippen LogP contribution is 2.36. The number of benzene rings is 1. The van der Waals surface area contributed by atoms with E-state index in [9.17, 15) is 0 Å². The van der Waals surface area contributed by atoms with Crippen molar-refractivity contribution in [3.63, 3.8) is 0 Å². The second kappa shape index (κ2) is 9.57. The first kappa shape index (κ1) is 21.6. The van der Waals surface area contributed by atoms with Crippen molar-refractivity contribution in [1.82, 2.24) is 9.97 Å². The molecule has 0 saturated carbocycles. The fraction of sp³-hybridized carbons (Fsp3) is 0.375. The topological polar surface area (TPSA) is 62.6 Å². The van der Waals surface area contributed by atoms with Crippen LogP contribution in [0.1, 0.15) is 45.0 Å². The van der Waals surface area contributed by atoms with E-state index in [0.29, 0.717) is 5.92 Å². The molecule has 1 N–H and O–H groups in total. The molecular weight excluding hydrogens is 374 g/mol. The molecule has 0 radical (unpaired) electrons.